The lowest BCUT2D eigenvalue weighted by Crippen LogP contribution is -2.51. The summed E-state index contributed by atoms with van der Waals surface area (Å²) in [6.45, 7) is -0.150. The molecule has 0 saturated heterocycles. The number of carbonyl (C=O) groups excluding carboxylic acids is 3. The number of halogens is 1. The third-order valence-corrected chi connectivity index (χ3v) is 4.96. The fraction of sp³-hybridized carbons (Fsp3) is 0.412. The Balaban J connectivity index is 1.68. The van der Waals surface area contributed by atoms with E-state index in [1.54, 1.807) is 24.3 Å². The zero-order chi connectivity index (χ0) is 18.9. The molecule has 7 nitrogen and oxygen atoms in total. The Morgan fingerprint density at radius 2 is 1.77 bits per heavy atom. The number of benzene rings is 1. The van der Waals surface area contributed by atoms with Gasteiger partial charge in [0.15, 0.2) is 5.11 Å². The maximum Gasteiger partial charge on any atom is 0.258 e. The van der Waals surface area contributed by atoms with Gasteiger partial charge in [-0.2, -0.15) is 0 Å². The SMILES string of the molecule is O=C(CNC(=O)C1CCCCC1)NNC(=S)NC(=O)c1ccccc1Br. The van der Waals surface area contributed by atoms with Crippen molar-refractivity contribution in [3.05, 3.63) is 34.3 Å². The summed E-state index contributed by atoms with van der Waals surface area (Å²) in [5.41, 5.74) is 5.20. The molecule has 4 N–H and O–H groups in total. The number of carbonyl (C=O) groups is 3. The van der Waals surface area contributed by atoms with E-state index >= 15 is 0 Å². The van der Waals surface area contributed by atoms with E-state index in [0.29, 0.717) is 10.0 Å². The monoisotopic (exact) mass is 440 g/mol. The largest absolute Gasteiger partial charge is 0.347 e. The summed E-state index contributed by atoms with van der Waals surface area (Å²) in [4.78, 5) is 35.8. The first-order chi connectivity index (χ1) is 12.5. The molecule has 0 aromatic heterocycles. The van der Waals surface area contributed by atoms with E-state index in [0.717, 1.165) is 32.1 Å². The van der Waals surface area contributed by atoms with Gasteiger partial charge in [-0.3, -0.25) is 30.6 Å². The van der Waals surface area contributed by atoms with Crippen LogP contribution in [0.25, 0.3) is 0 Å². The minimum Gasteiger partial charge on any atom is -0.347 e. The van der Waals surface area contributed by atoms with Crippen LogP contribution in [-0.4, -0.2) is 29.4 Å². The van der Waals surface area contributed by atoms with Gasteiger partial charge in [0.05, 0.1) is 12.1 Å². The zero-order valence-corrected chi connectivity index (χ0v) is 16.5. The molecule has 1 fully saturated rings. The number of rotatable bonds is 4. The lowest BCUT2D eigenvalue weighted by molar-refractivity contribution is -0.129. The summed E-state index contributed by atoms with van der Waals surface area (Å²) >= 11 is 8.25. The van der Waals surface area contributed by atoms with Crippen LogP contribution in [0.5, 0.6) is 0 Å². The highest BCUT2D eigenvalue weighted by Gasteiger charge is 2.21. The van der Waals surface area contributed by atoms with E-state index in [9.17, 15) is 14.4 Å². The van der Waals surface area contributed by atoms with Gasteiger partial charge in [0.25, 0.3) is 11.8 Å². The molecular weight excluding hydrogens is 420 g/mol. The van der Waals surface area contributed by atoms with Crippen LogP contribution in [0.4, 0.5) is 0 Å². The molecule has 1 saturated carbocycles. The second-order valence-electron chi connectivity index (χ2n) is 5.99. The van der Waals surface area contributed by atoms with Gasteiger partial charge in [-0.1, -0.05) is 31.4 Å². The van der Waals surface area contributed by atoms with Crippen molar-refractivity contribution in [2.24, 2.45) is 5.92 Å². The molecule has 0 atom stereocenters. The fourth-order valence-electron chi connectivity index (χ4n) is 2.69. The number of hydrogen-bond acceptors (Lipinski definition) is 4. The average molecular weight is 441 g/mol. The average Bonchev–Trinajstić information content (AvgIpc) is 2.65. The van der Waals surface area contributed by atoms with Gasteiger partial charge in [-0.25, -0.2) is 0 Å². The van der Waals surface area contributed by atoms with Gasteiger partial charge < -0.3 is 5.32 Å². The van der Waals surface area contributed by atoms with Gasteiger partial charge in [0.2, 0.25) is 5.91 Å². The quantitative estimate of drug-likeness (QED) is 0.422. The number of thiocarbonyl (C=S) groups is 1. The number of hydrogen-bond donors (Lipinski definition) is 4. The molecule has 140 valence electrons. The molecule has 0 heterocycles. The van der Waals surface area contributed by atoms with Crippen molar-refractivity contribution in [1.29, 1.82) is 0 Å². The van der Waals surface area contributed by atoms with Crippen LogP contribution >= 0.6 is 28.1 Å². The van der Waals surface area contributed by atoms with Crippen molar-refractivity contribution < 1.29 is 14.4 Å². The summed E-state index contributed by atoms with van der Waals surface area (Å²) in [7, 11) is 0. The van der Waals surface area contributed by atoms with Crippen molar-refractivity contribution in [3.8, 4) is 0 Å². The van der Waals surface area contributed by atoms with E-state index in [4.69, 9.17) is 12.2 Å². The van der Waals surface area contributed by atoms with E-state index < -0.39 is 11.8 Å². The van der Waals surface area contributed by atoms with Crippen LogP contribution < -0.4 is 21.5 Å². The number of nitrogens with one attached hydrogen (secondary N) is 4. The van der Waals surface area contributed by atoms with E-state index in [1.165, 1.54) is 0 Å². The second-order valence-corrected chi connectivity index (χ2v) is 7.25. The third kappa shape index (κ3) is 6.38. The number of hydrazine groups is 1. The molecule has 1 aliphatic carbocycles. The molecule has 1 aromatic rings. The van der Waals surface area contributed by atoms with Crippen molar-refractivity contribution in [3.63, 3.8) is 0 Å². The normalized spacial score (nSPS) is 14.2. The molecule has 0 unspecified atom stereocenters. The fourth-order valence-corrected chi connectivity index (χ4v) is 3.30. The minimum atomic E-state index is -0.452. The first-order valence-corrected chi connectivity index (χ1v) is 9.60. The van der Waals surface area contributed by atoms with E-state index in [-0.39, 0.29) is 23.5 Å². The molecule has 0 bridgehead atoms. The lowest BCUT2D eigenvalue weighted by atomic mass is 9.89. The predicted octanol–water partition coefficient (Wildman–Crippen LogP) is 1.78. The van der Waals surface area contributed by atoms with E-state index in [2.05, 4.69) is 37.4 Å². The van der Waals surface area contributed by atoms with Crippen molar-refractivity contribution in [2.45, 2.75) is 32.1 Å². The Labute approximate surface area is 165 Å². The maximum absolute atomic E-state index is 12.1. The highest BCUT2D eigenvalue weighted by Crippen LogP contribution is 2.23. The first-order valence-electron chi connectivity index (χ1n) is 8.40. The topological polar surface area (TPSA) is 99.3 Å². The van der Waals surface area contributed by atoms with Gasteiger partial charge in [0, 0.05) is 10.4 Å². The predicted molar refractivity (Wildman–Crippen MR) is 105 cm³/mol. The molecule has 3 amide bonds. The second kappa shape index (κ2) is 10.2. The van der Waals surface area contributed by atoms with Crippen molar-refractivity contribution >= 4 is 51.0 Å². The van der Waals surface area contributed by atoms with Gasteiger partial charge in [-0.15, -0.1) is 0 Å². The summed E-state index contributed by atoms with van der Waals surface area (Å²) in [5, 5.41) is 5.04. The molecule has 2 rings (SSSR count). The van der Waals surface area contributed by atoms with Crippen LogP contribution in [0.15, 0.2) is 28.7 Å². The summed E-state index contributed by atoms with van der Waals surface area (Å²) in [6, 6.07) is 6.90. The third-order valence-electron chi connectivity index (χ3n) is 4.06. The lowest BCUT2D eigenvalue weighted by Gasteiger charge is -2.20. The van der Waals surface area contributed by atoms with Crippen molar-refractivity contribution in [1.82, 2.24) is 21.5 Å². The highest BCUT2D eigenvalue weighted by molar-refractivity contribution is 9.10. The Morgan fingerprint density at radius 1 is 1.08 bits per heavy atom. The first kappa shape index (κ1) is 20.3. The van der Waals surface area contributed by atoms with Crippen LogP contribution in [-0.2, 0) is 9.59 Å². The Bertz CT molecular complexity index is 692. The van der Waals surface area contributed by atoms with Gasteiger partial charge in [-0.05, 0) is 53.1 Å². The minimum absolute atomic E-state index is 0.00538. The molecule has 9 heteroatoms. The van der Waals surface area contributed by atoms with Crippen LogP contribution in [0.1, 0.15) is 42.5 Å². The molecule has 0 aliphatic heterocycles. The van der Waals surface area contributed by atoms with Crippen LogP contribution in [0.3, 0.4) is 0 Å². The molecule has 26 heavy (non-hydrogen) atoms. The molecule has 0 radical (unpaired) electrons. The van der Waals surface area contributed by atoms with Crippen LogP contribution in [0.2, 0.25) is 0 Å². The molecule has 0 spiro atoms. The standard InChI is InChI=1S/C17H21BrN4O3S/c18-13-9-5-4-8-12(13)16(25)20-17(26)22-21-14(23)10-19-15(24)11-6-2-1-3-7-11/h4-5,8-9,11H,1-3,6-7,10H2,(H,19,24)(H,21,23)(H2,20,22,25,26). The molecule has 1 aliphatic rings. The van der Waals surface area contributed by atoms with Gasteiger partial charge in [0.1, 0.15) is 0 Å². The highest BCUT2D eigenvalue weighted by atomic mass is 79.9. The summed E-state index contributed by atoms with van der Waals surface area (Å²) in [6.07, 6.45) is 5.01. The van der Waals surface area contributed by atoms with Gasteiger partial charge >= 0.3 is 0 Å². The molecule has 1 aromatic carbocycles. The summed E-state index contributed by atoms with van der Waals surface area (Å²) in [5.74, 6) is -0.958. The summed E-state index contributed by atoms with van der Waals surface area (Å²) < 4.78 is 0.634. The van der Waals surface area contributed by atoms with E-state index in [1.807, 2.05) is 0 Å². The Morgan fingerprint density at radius 3 is 2.46 bits per heavy atom. The molecular formula is C17H21BrN4O3S. The Hall–Kier alpha value is -2.00. The Kier molecular flexibility index (Phi) is 7.99. The smallest absolute Gasteiger partial charge is 0.258 e. The number of amides is 3. The zero-order valence-electron chi connectivity index (χ0n) is 14.1. The van der Waals surface area contributed by atoms with Crippen LogP contribution in [0, 0.1) is 5.92 Å². The maximum atomic E-state index is 12.1. The van der Waals surface area contributed by atoms with Crippen molar-refractivity contribution in [2.75, 3.05) is 6.54 Å².